The van der Waals surface area contributed by atoms with E-state index in [0.29, 0.717) is 23.7 Å². The number of rotatable bonds is 4. The molecule has 0 amide bonds. The molecule has 1 aliphatic carbocycles. The quantitative estimate of drug-likeness (QED) is 0.711. The molecule has 11 heteroatoms. The van der Waals surface area contributed by atoms with Gasteiger partial charge in [0, 0.05) is 38.0 Å². The topological polar surface area (TPSA) is 96.2 Å². The van der Waals surface area contributed by atoms with Crippen molar-refractivity contribution < 1.29 is 17.2 Å². The Balaban J connectivity index is 1.51. The standard InChI is InChI=1S/C17H20F2N6O2S/c1-2-10-8-24(28(26,27)11-5-17(18,19)6-11)9-12(10)16-23-22-14-7-21-15-13(25(14)16)3-4-20-15/h3-4,7,10-12,20H,2,5-6,8-9H2,1H3/t10-,12+/m1/s1. The smallest absolute Gasteiger partial charge is 0.250 e. The van der Waals surface area contributed by atoms with Crippen LogP contribution < -0.4 is 0 Å². The fourth-order valence-electron chi connectivity index (χ4n) is 4.41. The van der Waals surface area contributed by atoms with Crippen LogP contribution in [0.25, 0.3) is 16.8 Å². The molecule has 3 aromatic heterocycles. The van der Waals surface area contributed by atoms with Crippen LogP contribution in [-0.2, 0) is 10.0 Å². The lowest BCUT2D eigenvalue weighted by molar-refractivity contribution is -0.0694. The summed E-state index contributed by atoms with van der Waals surface area (Å²) in [5, 5.41) is 7.55. The molecule has 0 spiro atoms. The van der Waals surface area contributed by atoms with E-state index < -0.39 is 34.0 Å². The molecule has 1 aliphatic heterocycles. The number of alkyl halides is 2. The van der Waals surface area contributed by atoms with Crippen molar-refractivity contribution in [3.63, 3.8) is 0 Å². The molecule has 5 rings (SSSR count). The molecule has 0 aromatic carbocycles. The first kappa shape index (κ1) is 17.9. The van der Waals surface area contributed by atoms with Crippen LogP contribution in [0, 0.1) is 5.92 Å². The highest BCUT2D eigenvalue weighted by Gasteiger charge is 2.54. The predicted molar refractivity (Wildman–Crippen MR) is 97.6 cm³/mol. The molecule has 1 saturated carbocycles. The van der Waals surface area contributed by atoms with Crippen molar-refractivity contribution in [2.45, 2.75) is 43.3 Å². The maximum Gasteiger partial charge on any atom is 0.250 e. The minimum absolute atomic E-state index is 0.0462. The number of aromatic amines is 1. The van der Waals surface area contributed by atoms with Crippen LogP contribution in [0.5, 0.6) is 0 Å². The van der Waals surface area contributed by atoms with Gasteiger partial charge in [-0.25, -0.2) is 26.5 Å². The van der Waals surface area contributed by atoms with Gasteiger partial charge in [0.05, 0.1) is 17.0 Å². The highest BCUT2D eigenvalue weighted by atomic mass is 32.2. The van der Waals surface area contributed by atoms with E-state index in [-0.39, 0.29) is 18.4 Å². The number of fused-ring (bicyclic) bond motifs is 3. The second-order valence-electron chi connectivity index (χ2n) is 7.74. The van der Waals surface area contributed by atoms with Crippen molar-refractivity contribution in [2.75, 3.05) is 13.1 Å². The minimum Gasteiger partial charge on any atom is -0.345 e. The molecule has 1 N–H and O–H groups in total. The number of halogens is 2. The molecule has 2 atom stereocenters. The summed E-state index contributed by atoms with van der Waals surface area (Å²) in [6.45, 7) is 2.56. The van der Waals surface area contributed by atoms with E-state index >= 15 is 0 Å². The SMILES string of the molecule is CC[C@@H]1CN(S(=O)(=O)C2CC(F)(F)C2)C[C@@H]1c1nnc2cnc3[nH]ccc3n12. The number of aromatic nitrogens is 5. The van der Waals surface area contributed by atoms with Gasteiger partial charge < -0.3 is 4.98 Å². The van der Waals surface area contributed by atoms with E-state index in [1.165, 1.54) is 4.31 Å². The number of nitrogens with zero attached hydrogens (tertiary/aromatic N) is 5. The Bertz CT molecular complexity index is 1150. The van der Waals surface area contributed by atoms with Crippen LogP contribution in [0.4, 0.5) is 8.78 Å². The predicted octanol–water partition coefficient (Wildman–Crippen LogP) is 2.16. The van der Waals surface area contributed by atoms with Crippen LogP contribution in [0.3, 0.4) is 0 Å². The Morgan fingerprint density at radius 1 is 1.29 bits per heavy atom. The Labute approximate surface area is 160 Å². The number of H-pyrrole nitrogens is 1. The van der Waals surface area contributed by atoms with Crippen molar-refractivity contribution in [1.82, 2.24) is 28.9 Å². The zero-order valence-electron chi connectivity index (χ0n) is 15.2. The molecule has 28 heavy (non-hydrogen) atoms. The average molecular weight is 410 g/mol. The van der Waals surface area contributed by atoms with E-state index in [2.05, 4.69) is 20.2 Å². The maximum absolute atomic E-state index is 13.2. The normalized spacial score (nSPS) is 26.2. The first-order valence-corrected chi connectivity index (χ1v) is 10.8. The summed E-state index contributed by atoms with van der Waals surface area (Å²) >= 11 is 0. The Morgan fingerprint density at radius 3 is 2.79 bits per heavy atom. The molecule has 0 bridgehead atoms. The van der Waals surface area contributed by atoms with E-state index in [1.807, 2.05) is 17.4 Å². The van der Waals surface area contributed by atoms with Crippen LogP contribution in [-0.4, -0.2) is 61.6 Å². The summed E-state index contributed by atoms with van der Waals surface area (Å²) in [5.41, 5.74) is 2.12. The van der Waals surface area contributed by atoms with Crippen molar-refractivity contribution in [1.29, 1.82) is 0 Å². The fourth-order valence-corrected chi connectivity index (χ4v) is 6.51. The molecular weight excluding hydrogens is 390 g/mol. The Morgan fingerprint density at radius 2 is 2.07 bits per heavy atom. The van der Waals surface area contributed by atoms with Crippen LogP contribution in [0.1, 0.15) is 37.9 Å². The second-order valence-corrected chi connectivity index (χ2v) is 9.96. The minimum atomic E-state index is -3.75. The molecule has 150 valence electrons. The molecule has 4 heterocycles. The largest absolute Gasteiger partial charge is 0.345 e. The van der Waals surface area contributed by atoms with E-state index in [4.69, 9.17) is 0 Å². The van der Waals surface area contributed by atoms with Gasteiger partial charge in [0.25, 0.3) is 5.92 Å². The van der Waals surface area contributed by atoms with Gasteiger partial charge in [-0.15, -0.1) is 10.2 Å². The van der Waals surface area contributed by atoms with Gasteiger partial charge in [-0.1, -0.05) is 13.3 Å². The molecule has 0 radical (unpaired) electrons. The third-order valence-electron chi connectivity index (χ3n) is 6.06. The maximum atomic E-state index is 13.2. The van der Waals surface area contributed by atoms with Crippen molar-refractivity contribution in [3.05, 3.63) is 24.3 Å². The molecular formula is C17H20F2N6O2S. The lowest BCUT2D eigenvalue weighted by Crippen LogP contribution is -2.49. The third kappa shape index (κ3) is 2.55. The first-order valence-electron chi connectivity index (χ1n) is 9.34. The zero-order chi connectivity index (χ0) is 19.7. The third-order valence-corrected chi connectivity index (χ3v) is 8.26. The van der Waals surface area contributed by atoms with Crippen LogP contribution >= 0.6 is 0 Å². The Kier molecular flexibility index (Phi) is 3.80. The molecule has 8 nitrogen and oxygen atoms in total. The van der Waals surface area contributed by atoms with Gasteiger partial charge in [0.1, 0.15) is 5.82 Å². The highest BCUT2D eigenvalue weighted by molar-refractivity contribution is 7.89. The summed E-state index contributed by atoms with van der Waals surface area (Å²) in [4.78, 5) is 7.35. The Hall–Kier alpha value is -2.14. The van der Waals surface area contributed by atoms with Gasteiger partial charge >= 0.3 is 0 Å². The summed E-state index contributed by atoms with van der Waals surface area (Å²) in [5.74, 6) is -2.29. The fraction of sp³-hybridized carbons (Fsp3) is 0.588. The summed E-state index contributed by atoms with van der Waals surface area (Å²) in [6.07, 6.45) is 2.98. The molecule has 2 fully saturated rings. The summed E-state index contributed by atoms with van der Waals surface area (Å²) in [6, 6.07) is 1.88. The zero-order valence-corrected chi connectivity index (χ0v) is 16.0. The van der Waals surface area contributed by atoms with Crippen molar-refractivity contribution in [2.24, 2.45) is 5.92 Å². The summed E-state index contributed by atoms with van der Waals surface area (Å²) in [7, 11) is -3.75. The van der Waals surface area contributed by atoms with E-state index in [0.717, 1.165) is 11.9 Å². The van der Waals surface area contributed by atoms with Crippen LogP contribution in [0.2, 0.25) is 0 Å². The molecule has 3 aromatic rings. The summed E-state index contributed by atoms with van der Waals surface area (Å²) < 4.78 is 55.4. The lowest BCUT2D eigenvalue weighted by Gasteiger charge is -2.36. The van der Waals surface area contributed by atoms with Gasteiger partial charge in [-0.2, -0.15) is 0 Å². The molecule has 1 saturated heterocycles. The number of hydrogen-bond donors (Lipinski definition) is 1. The first-order chi connectivity index (χ1) is 13.3. The monoisotopic (exact) mass is 410 g/mol. The number of nitrogens with one attached hydrogen (secondary N) is 1. The van der Waals surface area contributed by atoms with E-state index in [1.54, 1.807) is 12.4 Å². The molecule has 0 unspecified atom stereocenters. The van der Waals surface area contributed by atoms with Gasteiger partial charge in [-0.05, 0) is 12.0 Å². The van der Waals surface area contributed by atoms with Gasteiger partial charge in [-0.3, -0.25) is 4.40 Å². The lowest BCUT2D eigenvalue weighted by atomic mass is 9.93. The van der Waals surface area contributed by atoms with Crippen molar-refractivity contribution >= 4 is 26.8 Å². The second kappa shape index (κ2) is 5.93. The number of sulfonamides is 1. The average Bonchev–Trinajstić information content (AvgIpc) is 3.34. The van der Waals surface area contributed by atoms with Gasteiger partial charge in [0.15, 0.2) is 11.3 Å². The molecule has 2 aliphatic rings. The van der Waals surface area contributed by atoms with Gasteiger partial charge in [0.2, 0.25) is 10.0 Å². The van der Waals surface area contributed by atoms with E-state index in [9.17, 15) is 17.2 Å². The van der Waals surface area contributed by atoms with Crippen molar-refractivity contribution in [3.8, 4) is 0 Å². The number of hydrogen-bond acceptors (Lipinski definition) is 5. The highest BCUT2D eigenvalue weighted by Crippen LogP contribution is 2.45. The van der Waals surface area contributed by atoms with Crippen LogP contribution in [0.15, 0.2) is 18.5 Å².